The Kier molecular flexibility index (Phi) is 4.82. The van der Waals surface area contributed by atoms with Gasteiger partial charge in [-0.3, -0.25) is 5.01 Å². The van der Waals surface area contributed by atoms with Gasteiger partial charge in [0.1, 0.15) is 5.82 Å². The molecule has 1 aromatic carbocycles. The van der Waals surface area contributed by atoms with E-state index in [9.17, 15) is 4.79 Å². The summed E-state index contributed by atoms with van der Waals surface area (Å²) in [6.07, 6.45) is 3.73. The average Bonchev–Trinajstić information content (AvgIpc) is 3.07. The zero-order valence-electron chi connectivity index (χ0n) is 13.1. The third-order valence-corrected chi connectivity index (χ3v) is 4.19. The van der Waals surface area contributed by atoms with Crippen molar-refractivity contribution in [1.82, 2.24) is 10.4 Å². The van der Waals surface area contributed by atoms with Crippen molar-refractivity contribution in [3.05, 3.63) is 58.2 Å². The third kappa shape index (κ3) is 3.27. The number of aromatic nitrogens is 1. The van der Waals surface area contributed by atoms with Crippen molar-refractivity contribution < 1.29 is 9.53 Å². The molecule has 1 aliphatic heterocycles. The summed E-state index contributed by atoms with van der Waals surface area (Å²) in [6, 6.07) is 9.09. The Labute approximate surface area is 148 Å². The Morgan fingerprint density at radius 3 is 3.08 bits per heavy atom. The molecule has 0 aliphatic carbocycles. The predicted octanol–water partition coefficient (Wildman–Crippen LogP) is 2.97. The lowest BCUT2D eigenvalue weighted by molar-refractivity contribution is 0.0526. The van der Waals surface area contributed by atoms with Gasteiger partial charge in [-0.15, -0.1) is 0 Å². The number of nitrogens with two attached hydrogens (primary N) is 1. The lowest BCUT2D eigenvalue weighted by atomic mass is 10.1. The van der Waals surface area contributed by atoms with Crippen LogP contribution in [0.25, 0.3) is 5.70 Å². The number of benzene rings is 1. The number of nitrogens with zero attached hydrogens (tertiary/aromatic N) is 2. The SMILES string of the molecule is CCOC(=O)c1cccc(N2NCC=C2c2cc(N)ncc2Br)c1. The van der Waals surface area contributed by atoms with Crippen LogP contribution >= 0.6 is 15.9 Å². The van der Waals surface area contributed by atoms with Gasteiger partial charge in [-0.25, -0.2) is 15.2 Å². The van der Waals surface area contributed by atoms with Gasteiger partial charge in [0, 0.05) is 22.8 Å². The lowest BCUT2D eigenvalue weighted by Gasteiger charge is -2.24. The molecule has 124 valence electrons. The van der Waals surface area contributed by atoms with E-state index >= 15 is 0 Å². The molecule has 1 aliphatic rings. The van der Waals surface area contributed by atoms with Crippen molar-refractivity contribution in [1.29, 1.82) is 0 Å². The number of carbonyl (C=O) groups excluding carboxylic acids is 1. The summed E-state index contributed by atoms with van der Waals surface area (Å²) in [5, 5.41) is 1.92. The van der Waals surface area contributed by atoms with Crippen molar-refractivity contribution in [3.63, 3.8) is 0 Å². The summed E-state index contributed by atoms with van der Waals surface area (Å²) in [5.74, 6) is 0.111. The maximum Gasteiger partial charge on any atom is 0.338 e. The second-order valence-corrected chi connectivity index (χ2v) is 6.00. The van der Waals surface area contributed by atoms with Crippen LogP contribution in [0, 0.1) is 0 Å². The molecule has 2 aromatic rings. The minimum Gasteiger partial charge on any atom is -0.462 e. The first-order valence-corrected chi connectivity index (χ1v) is 8.32. The van der Waals surface area contributed by atoms with Crippen molar-refractivity contribution >= 4 is 39.1 Å². The average molecular weight is 389 g/mol. The number of hydrogen-bond donors (Lipinski definition) is 2. The number of carbonyl (C=O) groups is 1. The first kappa shape index (κ1) is 16.5. The number of hydrazine groups is 1. The topological polar surface area (TPSA) is 80.5 Å². The quantitative estimate of drug-likeness (QED) is 0.783. The van der Waals surface area contributed by atoms with Gasteiger partial charge in [0.2, 0.25) is 0 Å². The number of pyridine rings is 1. The summed E-state index contributed by atoms with van der Waals surface area (Å²) in [6.45, 7) is 2.81. The highest BCUT2D eigenvalue weighted by atomic mass is 79.9. The van der Waals surface area contributed by atoms with Crippen molar-refractivity contribution in [2.75, 3.05) is 23.9 Å². The second-order valence-electron chi connectivity index (χ2n) is 5.15. The van der Waals surface area contributed by atoms with Crippen LogP contribution in [0.4, 0.5) is 11.5 Å². The highest BCUT2D eigenvalue weighted by molar-refractivity contribution is 9.10. The first-order valence-electron chi connectivity index (χ1n) is 7.52. The number of nitrogens with one attached hydrogen (secondary N) is 1. The van der Waals surface area contributed by atoms with E-state index in [1.807, 2.05) is 23.2 Å². The van der Waals surface area contributed by atoms with Crippen molar-refractivity contribution in [2.45, 2.75) is 6.92 Å². The maximum absolute atomic E-state index is 12.0. The Morgan fingerprint density at radius 1 is 1.46 bits per heavy atom. The monoisotopic (exact) mass is 388 g/mol. The summed E-state index contributed by atoms with van der Waals surface area (Å²) < 4.78 is 5.91. The molecule has 0 saturated heterocycles. The van der Waals surface area contributed by atoms with Gasteiger partial charge in [-0.2, -0.15) is 0 Å². The number of ether oxygens (including phenoxy) is 1. The Morgan fingerprint density at radius 2 is 2.29 bits per heavy atom. The highest BCUT2D eigenvalue weighted by Crippen LogP contribution is 2.32. The van der Waals surface area contributed by atoms with Crippen LogP contribution in [0.1, 0.15) is 22.8 Å². The van der Waals surface area contributed by atoms with E-state index in [4.69, 9.17) is 10.5 Å². The summed E-state index contributed by atoms with van der Waals surface area (Å²) in [4.78, 5) is 16.0. The van der Waals surface area contributed by atoms with E-state index in [2.05, 4.69) is 32.4 Å². The zero-order valence-corrected chi connectivity index (χ0v) is 14.7. The lowest BCUT2D eigenvalue weighted by Crippen LogP contribution is -2.31. The fraction of sp³-hybridized carbons (Fsp3) is 0.176. The molecular weight excluding hydrogens is 372 g/mol. The molecule has 0 atom stereocenters. The summed E-state index contributed by atoms with van der Waals surface area (Å²) >= 11 is 3.51. The van der Waals surface area contributed by atoms with E-state index in [-0.39, 0.29) is 5.97 Å². The maximum atomic E-state index is 12.0. The molecular formula is C17H17BrN4O2. The molecule has 3 N–H and O–H groups in total. The van der Waals surface area contributed by atoms with Crippen molar-refractivity contribution in [2.24, 2.45) is 0 Å². The normalized spacial score (nSPS) is 13.8. The zero-order chi connectivity index (χ0) is 17.1. The molecule has 24 heavy (non-hydrogen) atoms. The Balaban J connectivity index is 1.95. The Bertz CT molecular complexity index is 807. The molecule has 0 radical (unpaired) electrons. The van der Waals surface area contributed by atoms with Gasteiger partial charge in [0.05, 0.1) is 23.6 Å². The fourth-order valence-electron chi connectivity index (χ4n) is 2.51. The summed E-state index contributed by atoms with van der Waals surface area (Å²) in [7, 11) is 0. The van der Waals surface area contributed by atoms with Gasteiger partial charge in [-0.1, -0.05) is 6.07 Å². The second kappa shape index (κ2) is 7.02. The minimum atomic E-state index is -0.335. The van der Waals surface area contributed by atoms with Gasteiger partial charge < -0.3 is 10.5 Å². The molecule has 2 heterocycles. The smallest absolute Gasteiger partial charge is 0.338 e. The number of esters is 1. The molecule has 0 amide bonds. The van der Waals surface area contributed by atoms with Crippen LogP contribution < -0.4 is 16.2 Å². The van der Waals surface area contributed by atoms with Crippen molar-refractivity contribution in [3.8, 4) is 0 Å². The fourth-order valence-corrected chi connectivity index (χ4v) is 2.93. The first-order chi connectivity index (χ1) is 11.6. The number of nitrogen functional groups attached to an aromatic ring is 1. The number of hydrogen-bond acceptors (Lipinski definition) is 6. The van der Waals surface area contributed by atoms with E-state index < -0.39 is 0 Å². The van der Waals surface area contributed by atoms with E-state index in [0.29, 0.717) is 24.5 Å². The van der Waals surface area contributed by atoms with Crippen LogP contribution in [0.15, 0.2) is 47.1 Å². The van der Waals surface area contributed by atoms with Crippen LogP contribution in [-0.2, 0) is 4.74 Å². The van der Waals surface area contributed by atoms with E-state index in [0.717, 1.165) is 21.4 Å². The number of rotatable bonds is 4. The molecule has 0 unspecified atom stereocenters. The molecule has 1 aromatic heterocycles. The molecule has 7 heteroatoms. The van der Waals surface area contributed by atoms with Crippen LogP contribution in [0.3, 0.4) is 0 Å². The standard InChI is InChI=1S/C17H17BrN4O2/c1-2-24-17(23)11-4-3-5-12(8-11)22-15(6-7-21-22)13-9-16(19)20-10-14(13)18/h3-6,8-10,21H,2,7H2,1H3,(H2,19,20). The molecule has 3 rings (SSSR count). The minimum absolute atomic E-state index is 0.335. The molecule has 0 saturated carbocycles. The number of anilines is 2. The predicted molar refractivity (Wildman–Crippen MR) is 97.2 cm³/mol. The molecule has 0 fully saturated rings. The van der Waals surface area contributed by atoms with Gasteiger partial charge >= 0.3 is 5.97 Å². The third-order valence-electron chi connectivity index (χ3n) is 3.55. The molecule has 0 spiro atoms. The largest absolute Gasteiger partial charge is 0.462 e. The van der Waals surface area contributed by atoms with Crippen LogP contribution in [0.2, 0.25) is 0 Å². The van der Waals surface area contributed by atoms with Gasteiger partial charge in [0.25, 0.3) is 0 Å². The number of halogens is 1. The van der Waals surface area contributed by atoms with Crippen LogP contribution in [-0.4, -0.2) is 24.1 Å². The van der Waals surface area contributed by atoms with Crippen LogP contribution in [0.5, 0.6) is 0 Å². The van der Waals surface area contributed by atoms with E-state index in [1.165, 1.54) is 0 Å². The highest BCUT2D eigenvalue weighted by Gasteiger charge is 2.21. The molecule has 6 nitrogen and oxygen atoms in total. The Hall–Kier alpha value is -2.38. The summed E-state index contributed by atoms with van der Waals surface area (Å²) in [5.41, 5.74) is 12.3. The van der Waals surface area contributed by atoms with Gasteiger partial charge in [0.15, 0.2) is 0 Å². The van der Waals surface area contributed by atoms with Gasteiger partial charge in [-0.05, 0) is 53.2 Å². The van der Waals surface area contributed by atoms with E-state index in [1.54, 1.807) is 25.3 Å². The molecule has 0 bridgehead atoms.